The minimum absolute atomic E-state index is 0.221. The summed E-state index contributed by atoms with van der Waals surface area (Å²) in [5.41, 5.74) is 0. The van der Waals surface area contributed by atoms with Gasteiger partial charge in [0, 0.05) is 18.6 Å². The van der Waals surface area contributed by atoms with Crippen LogP contribution in [0.3, 0.4) is 0 Å². The van der Waals surface area contributed by atoms with Crippen molar-refractivity contribution in [3.8, 4) is 0 Å². The summed E-state index contributed by atoms with van der Waals surface area (Å²) in [6.07, 6.45) is 2.19. The third kappa shape index (κ3) is 26.1. The Kier molecular flexibility index (Phi) is 16.4. The Hall–Kier alpha value is 0.230. The van der Waals surface area contributed by atoms with Gasteiger partial charge in [0.15, 0.2) is 5.12 Å². The van der Waals surface area contributed by atoms with Crippen LogP contribution in [0.2, 0.25) is 0 Å². The Morgan fingerprint density at radius 2 is 1.53 bits per heavy atom. The Bertz CT molecular complexity index is 178. The lowest BCUT2D eigenvalue weighted by Crippen LogP contribution is -2.13. The van der Waals surface area contributed by atoms with Gasteiger partial charge in [-0.1, -0.05) is 11.8 Å². The van der Waals surface area contributed by atoms with Crippen LogP contribution in [0, 0.1) is 0 Å². The second-order valence-corrected chi connectivity index (χ2v) is 5.99. The number of thioether (sulfide) groups is 1. The molecule has 0 N–H and O–H groups in total. The van der Waals surface area contributed by atoms with E-state index >= 15 is 0 Å². The van der Waals surface area contributed by atoms with Gasteiger partial charge in [-0.15, -0.1) is 11.6 Å². The Morgan fingerprint density at radius 3 is 1.82 bits per heavy atom. The summed E-state index contributed by atoms with van der Waals surface area (Å²) in [5, 5.41) is 0.221. The van der Waals surface area contributed by atoms with E-state index in [0.29, 0.717) is 0 Å². The highest BCUT2D eigenvalue weighted by Crippen LogP contribution is 2.02. The van der Waals surface area contributed by atoms with Crippen molar-refractivity contribution in [2.24, 2.45) is 0 Å². The molecule has 0 rings (SSSR count). The molecule has 0 unspecified atom stereocenters. The number of hydrogen-bond acceptors (Lipinski definition) is 4. The molecule has 0 bridgehead atoms. The predicted molar refractivity (Wildman–Crippen MR) is 80.2 cm³/mol. The Balaban J connectivity index is 0. The summed E-state index contributed by atoms with van der Waals surface area (Å²) in [6, 6.07) is 0. The highest BCUT2D eigenvalue weighted by atomic mass is 35.5. The standard InChI is InChI=1S/C7H15NOS.C5H12ClN/c1-7(9)10-6-4-5-8(2)3;1-7(2)5-3-4-6/h4-6H2,1-3H3;3-5H2,1-2H3. The number of carbonyl (C=O) groups is 1. The van der Waals surface area contributed by atoms with Crippen molar-refractivity contribution in [3.63, 3.8) is 0 Å². The van der Waals surface area contributed by atoms with E-state index in [1.54, 1.807) is 6.92 Å². The molecule has 0 aliphatic rings. The van der Waals surface area contributed by atoms with Crippen LogP contribution in [0.25, 0.3) is 0 Å². The molecule has 104 valence electrons. The number of carbonyl (C=O) groups excluding carboxylic acids is 1. The molecule has 0 heterocycles. The summed E-state index contributed by atoms with van der Waals surface area (Å²) < 4.78 is 0. The fraction of sp³-hybridized carbons (Fsp3) is 0.917. The molecule has 5 heteroatoms. The molecule has 0 saturated heterocycles. The summed E-state index contributed by atoms with van der Waals surface area (Å²) in [4.78, 5) is 14.7. The summed E-state index contributed by atoms with van der Waals surface area (Å²) in [7, 11) is 8.18. The zero-order valence-corrected chi connectivity index (χ0v) is 13.4. The van der Waals surface area contributed by atoms with Crippen molar-refractivity contribution < 1.29 is 4.79 Å². The first-order valence-corrected chi connectivity index (χ1v) is 7.41. The first-order valence-electron chi connectivity index (χ1n) is 5.89. The maximum absolute atomic E-state index is 10.4. The largest absolute Gasteiger partial charge is 0.309 e. The van der Waals surface area contributed by atoms with Crippen LogP contribution in [0.1, 0.15) is 19.8 Å². The number of alkyl halides is 1. The van der Waals surface area contributed by atoms with Gasteiger partial charge in [-0.25, -0.2) is 0 Å². The van der Waals surface area contributed by atoms with Crippen LogP contribution in [-0.4, -0.2) is 67.8 Å². The molecule has 0 aliphatic heterocycles. The van der Waals surface area contributed by atoms with Crippen molar-refractivity contribution in [2.45, 2.75) is 19.8 Å². The molecule has 0 spiro atoms. The van der Waals surface area contributed by atoms with E-state index in [4.69, 9.17) is 11.6 Å². The van der Waals surface area contributed by atoms with Crippen molar-refractivity contribution >= 4 is 28.5 Å². The zero-order chi connectivity index (χ0) is 13.7. The molecule has 0 atom stereocenters. The first-order chi connectivity index (χ1) is 7.90. The molecule has 0 aromatic carbocycles. The third-order valence-electron chi connectivity index (χ3n) is 1.79. The number of nitrogens with zero attached hydrogens (tertiary/aromatic N) is 2. The van der Waals surface area contributed by atoms with Crippen molar-refractivity contribution in [1.29, 1.82) is 0 Å². The van der Waals surface area contributed by atoms with E-state index in [1.807, 2.05) is 28.2 Å². The lowest BCUT2D eigenvalue weighted by atomic mass is 10.5. The van der Waals surface area contributed by atoms with Gasteiger partial charge in [-0.3, -0.25) is 4.79 Å². The Labute approximate surface area is 116 Å². The van der Waals surface area contributed by atoms with Gasteiger partial charge in [-0.05, 0) is 54.1 Å². The third-order valence-corrected chi connectivity index (χ3v) is 2.96. The molecule has 17 heavy (non-hydrogen) atoms. The van der Waals surface area contributed by atoms with Crippen LogP contribution >= 0.6 is 23.4 Å². The van der Waals surface area contributed by atoms with Crippen molar-refractivity contribution in [1.82, 2.24) is 9.80 Å². The van der Waals surface area contributed by atoms with E-state index < -0.39 is 0 Å². The average Bonchev–Trinajstić information content (AvgIpc) is 2.22. The van der Waals surface area contributed by atoms with Gasteiger partial charge in [0.05, 0.1) is 0 Å². The summed E-state index contributed by atoms with van der Waals surface area (Å²) in [6.45, 7) is 3.78. The summed E-state index contributed by atoms with van der Waals surface area (Å²) in [5.74, 6) is 1.73. The van der Waals surface area contributed by atoms with Crippen LogP contribution in [0.4, 0.5) is 0 Å². The van der Waals surface area contributed by atoms with E-state index in [1.165, 1.54) is 11.8 Å². The van der Waals surface area contributed by atoms with E-state index in [-0.39, 0.29) is 5.12 Å². The molecule has 3 nitrogen and oxygen atoms in total. The fourth-order valence-electron chi connectivity index (χ4n) is 0.973. The second-order valence-electron chi connectivity index (χ2n) is 4.34. The predicted octanol–water partition coefficient (Wildman–Crippen LogP) is 2.39. The van der Waals surface area contributed by atoms with Gasteiger partial charge >= 0.3 is 0 Å². The molecule has 0 amide bonds. The molecule has 0 saturated carbocycles. The Morgan fingerprint density at radius 1 is 1.06 bits per heavy atom. The van der Waals surface area contributed by atoms with Crippen LogP contribution in [0.5, 0.6) is 0 Å². The number of halogens is 1. The second kappa shape index (κ2) is 14.3. The highest BCUT2D eigenvalue weighted by Gasteiger charge is 1.94. The van der Waals surface area contributed by atoms with Gasteiger partial charge < -0.3 is 9.80 Å². The monoisotopic (exact) mass is 282 g/mol. The lowest BCUT2D eigenvalue weighted by Gasteiger charge is -2.07. The van der Waals surface area contributed by atoms with Crippen LogP contribution < -0.4 is 0 Å². The van der Waals surface area contributed by atoms with Gasteiger partial charge in [-0.2, -0.15) is 0 Å². The number of hydrogen-bond donors (Lipinski definition) is 0. The van der Waals surface area contributed by atoms with Crippen LogP contribution in [0.15, 0.2) is 0 Å². The molecule has 0 aliphatic carbocycles. The molecule has 0 fully saturated rings. The zero-order valence-electron chi connectivity index (χ0n) is 11.8. The van der Waals surface area contributed by atoms with E-state index in [9.17, 15) is 4.79 Å². The smallest absolute Gasteiger partial charge is 0.185 e. The first kappa shape index (κ1) is 19.6. The van der Waals surface area contributed by atoms with Gasteiger partial charge in [0.2, 0.25) is 0 Å². The van der Waals surface area contributed by atoms with Crippen molar-refractivity contribution in [3.05, 3.63) is 0 Å². The van der Waals surface area contributed by atoms with Crippen LogP contribution in [-0.2, 0) is 4.79 Å². The fourth-order valence-corrected chi connectivity index (χ4v) is 1.65. The average molecular weight is 283 g/mol. The molecule has 0 aromatic heterocycles. The normalized spacial score (nSPS) is 10.4. The minimum atomic E-state index is 0.221. The minimum Gasteiger partial charge on any atom is -0.309 e. The van der Waals surface area contributed by atoms with E-state index in [0.717, 1.165) is 37.6 Å². The number of rotatable bonds is 7. The summed E-state index contributed by atoms with van der Waals surface area (Å²) >= 11 is 6.83. The van der Waals surface area contributed by atoms with Crippen molar-refractivity contribution in [2.75, 3.05) is 52.9 Å². The highest BCUT2D eigenvalue weighted by molar-refractivity contribution is 8.13. The lowest BCUT2D eigenvalue weighted by molar-refractivity contribution is -0.109. The maximum atomic E-state index is 10.4. The van der Waals surface area contributed by atoms with Gasteiger partial charge in [0.1, 0.15) is 0 Å². The van der Waals surface area contributed by atoms with Gasteiger partial charge in [0.25, 0.3) is 0 Å². The topological polar surface area (TPSA) is 23.6 Å². The quantitative estimate of drug-likeness (QED) is 0.528. The molecule has 0 radical (unpaired) electrons. The molecule has 0 aromatic rings. The SMILES string of the molecule is CC(=O)SCCCN(C)C.CN(C)CCCCl. The molecular formula is C12H27ClN2OS. The molecular weight excluding hydrogens is 256 g/mol. The van der Waals surface area contributed by atoms with E-state index in [2.05, 4.69) is 9.80 Å². The maximum Gasteiger partial charge on any atom is 0.185 e.